The predicted molar refractivity (Wildman–Crippen MR) is 132 cm³/mol. The van der Waals surface area contributed by atoms with Crippen LogP contribution in [0.4, 0.5) is 0 Å². The molecule has 1 fully saturated rings. The Kier molecular flexibility index (Phi) is 6.45. The van der Waals surface area contributed by atoms with Crippen molar-refractivity contribution in [1.82, 2.24) is 9.80 Å². The van der Waals surface area contributed by atoms with Gasteiger partial charge in [0, 0.05) is 31.6 Å². The van der Waals surface area contributed by atoms with Crippen molar-refractivity contribution in [3.8, 4) is 0 Å². The molecule has 1 atom stereocenters. The van der Waals surface area contributed by atoms with Gasteiger partial charge in [0.15, 0.2) is 11.5 Å². The highest BCUT2D eigenvalue weighted by Gasteiger charge is 2.44. The number of ether oxygens (including phenoxy) is 1. The molecule has 0 radical (unpaired) electrons. The SMILES string of the molecule is CC(C)c1ccc([C@@H]2C(C(=O)c3cc4ccccc4o3)=C(O)C(=O)N2CCN2CCOCC2)cc1. The topological polar surface area (TPSA) is 83.2 Å². The Labute approximate surface area is 204 Å². The van der Waals surface area contributed by atoms with Gasteiger partial charge in [-0.2, -0.15) is 0 Å². The number of para-hydroxylation sites is 1. The Bertz CT molecular complexity index is 1230. The third-order valence-electron chi connectivity index (χ3n) is 6.88. The molecule has 0 spiro atoms. The van der Waals surface area contributed by atoms with Gasteiger partial charge in [-0.25, -0.2) is 0 Å². The molecule has 3 heterocycles. The molecule has 1 amide bonds. The van der Waals surface area contributed by atoms with Crippen molar-refractivity contribution in [1.29, 1.82) is 0 Å². The highest BCUT2D eigenvalue weighted by atomic mass is 16.5. The van der Waals surface area contributed by atoms with Crippen molar-refractivity contribution in [3.63, 3.8) is 0 Å². The van der Waals surface area contributed by atoms with E-state index in [1.165, 1.54) is 0 Å². The Morgan fingerprint density at radius 3 is 2.46 bits per heavy atom. The number of Topliss-reactive ketones (excluding diaryl/α,β-unsaturated/α-hetero) is 1. The number of benzene rings is 2. The van der Waals surface area contributed by atoms with Gasteiger partial charge in [-0.15, -0.1) is 0 Å². The van der Waals surface area contributed by atoms with Gasteiger partial charge in [-0.05, 0) is 29.2 Å². The van der Waals surface area contributed by atoms with Crippen molar-refractivity contribution in [3.05, 3.63) is 82.8 Å². The van der Waals surface area contributed by atoms with E-state index in [4.69, 9.17) is 9.15 Å². The molecule has 7 nitrogen and oxygen atoms in total. The number of ketones is 1. The maximum atomic E-state index is 13.7. The van der Waals surface area contributed by atoms with Crippen LogP contribution in [0.25, 0.3) is 11.0 Å². The number of rotatable bonds is 7. The van der Waals surface area contributed by atoms with E-state index in [9.17, 15) is 14.7 Å². The lowest BCUT2D eigenvalue weighted by Gasteiger charge is -2.31. The quantitative estimate of drug-likeness (QED) is 0.509. The first-order chi connectivity index (χ1) is 16.9. The zero-order valence-electron chi connectivity index (χ0n) is 20.1. The second-order valence-electron chi connectivity index (χ2n) is 9.42. The molecule has 7 heteroatoms. The van der Waals surface area contributed by atoms with Gasteiger partial charge in [0.1, 0.15) is 5.58 Å². The van der Waals surface area contributed by atoms with Crippen LogP contribution in [-0.2, 0) is 9.53 Å². The van der Waals surface area contributed by atoms with Crippen LogP contribution in [0.15, 0.2) is 70.3 Å². The summed E-state index contributed by atoms with van der Waals surface area (Å²) in [4.78, 5) is 30.7. The second-order valence-corrected chi connectivity index (χ2v) is 9.42. The van der Waals surface area contributed by atoms with E-state index in [0.717, 1.165) is 29.6 Å². The Balaban J connectivity index is 1.50. The Morgan fingerprint density at radius 2 is 1.77 bits per heavy atom. The summed E-state index contributed by atoms with van der Waals surface area (Å²) >= 11 is 0. The van der Waals surface area contributed by atoms with Crippen molar-refractivity contribution in [2.45, 2.75) is 25.8 Å². The van der Waals surface area contributed by atoms with Crippen LogP contribution in [0.1, 0.15) is 47.5 Å². The minimum atomic E-state index is -0.689. The van der Waals surface area contributed by atoms with Crippen LogP contribution in [0.5, 0.6) is 0 Å². The maximum Gasteiger partial charge on any atom is 0.290 e. The molecule has 2 aromatic carbocycles. The zero-order chi connectivity index (χ0) is 24.5. The number of carbonyl (C=O) groups is 2. The number of amides is 1. The van der Waals surface area contributed by atoms with E-state index in [1.54, 1.807) is 17.0 Å². The fourth-order valence-electron chi connectivity index (χ4n) is 4.83. The van der Waals surface area contributed by atoms with Crippen molar-refractivity contribution >= 4 is 22.7 Å². The molecule has 182 valence electrons. The van der Waals surface area contributed by atoms with Crippen LogP contribution in [-0.4, -0.2) is 66.0 Å². The van der Waals surface area contributed by atoms with E-state index in [1.807, 2.05) is 42.5 Å². The zero-order valence-corrected chi connectivity index (χ0v) is 20.1. The first-order valence-electron chi connectivity index (χ1n) is 12.1. The first-order valence-corrected chi connectivity index (χ1v) is 12.1. The molecule has 1 N–H and O–H groups in total. The largest absolute Gasteiger partial charge is 0.503 e. The van der Waals surface area contributed by atoms with Crippen molar-refractivity contribution in [2.24, 2.45) is 0 Å². The van der Waals surface area contributed by atoms with Crippen LogP contribution in [0.2, 0.25) is 0 Å². The van der Waals surface area contributed by atoms with Crippen LogP contribution in [0.3, 0.4) is 0 Å². The van der Waals surface area contributed by atoms with Gasteiger partial charge < -0.3 is 19.2 Å². The van der Waals surface area contributed by atoms with Gasteiger partial charge in [0.05, 0.1) is 24.8 Å². The standard InChI is InChI=1S/C28H30N2O5/c1-18(2)19-7-9-20(10-8-19)25-24(26(31)23-17-21-5-3-4-6-22(21)35-23)27(32)28(33)30(25)12-11-29-13-15-34-16-14-29/h3-10,17-18,25,32H,11-16H2,1-2H3/t25-/m1/s1. The number of hydrogen-bond acceptors (Lipinski definition) is 6. The van der Waals surface area contributed by atoms with Gasteiger partial charge in [-0.3, -0.25) is 14.5 Å². The molecule has 0 bridgehead atoms. The maximum absolute atomic E-state index is 13.7. The lowest BCUT2D eigenvalue weighted by Crippen LogP contribution is -2.43. The Morgan fingerprint density at radius 1 is 1.06 bits per heavy atom. The van der Waals surface area contributed by atoms with E-state index in [-0.39, 0.29) is 11.3 Å². The number of carbonyl (C=O) groups excluding carboxylic acids is 2. The van der Waals surface area contributed by atoms with Crippen molar-refractivity contribution in [2.75, 3.05) is 39.4 Å². The molecular weight excluding hydrogens is 444 g/mol. The number of aliphatic hydroxyl groups excluding tert-OH is 1. The molecule has 2 aliphatic rings. The Hall–Kier alpha value is -3.42. The van der Waals surface area contributed by atoms with Crippen LogP contribution in [0, 0.1) is 0 Å². The summed E-state index contributed by atoms with van der Waals surface area (Å²) < 4.78 is 11.2. The van der Waals surface area contributed by atoms with Gasteiger partial charge >= 0.3 is 0 Å². The van der Waals surface area contributed by atoms with Crippen molar-refractivity contribution < 1.29 is 23.8 Å². The fraction of sp³-hybridized carbons (Fsp3) is 0.357. The number of aliphatic hydroxyl groups is 1. The molecular formula is C28H30N2O5. The lowest BCUT2D eigenvalue weighted by molar-refractivity contribution is -0.129. The average Bonchev–Trinajstić information content (AvgIpc) is 3.42. The summed E-state index contributed by atoms with van der Waals surface area (Å²) in [6, 6.07) is 16.3. The number of morpholine rings is 1. The summed E-state index contributed by atoms with van der Waals surface area (Å²) in [5.41, 5.74) is 2.60. The lowest BCUT2D eigenvalue weighted by atomic mass is 9.93. The molecule has 1 saturated heterocycles. The molecule has 0 saturated carbocycles. The molecule has 5 rings (SSSR count). The molecule has 2 aliphatic heterocycles. The van der Waals surface area contributed by atoms with Gasteiger partial charge in [-0.1, -0.05) is 56.3 Å². The number of fused-ring (bicyclic) bond motifs is 1. The highest BCUT2D eigenvalue weighted by Crippen LogP contribution is 2.40. The molecule has 0 unspecified atom stereocenters. The number of nitrogens with zero attached hydrogens (tertiary/aromatic N) is 2. The van der Waals surface area contributed by atoms with Crippen LogP contribution < -0.4 is 0 Å². The van der Waals surface area contributed by atoms with E-state index >= 15 is 0 Å². The summed E-state index contributed by atoms with van der Waals surface area (Å²) in [6.45, 7) is 8.15. The fourth-order valence-corrected chi connectivity index (χ4v) is 4.83. The van der Waals surface area contributed by atoms with E-state index < -0.39 is 23.5 Å². The normalized spacial score (nSPS) is 19.3. The average molecular weight is 475 g/mol. The van der Waals surface area contributed by atoms with Gasteiger partial charge in [0.25, 0.3) is 5.91 Å². The number of hydrogen-bond donors (Lipinski definition) is 1. The van der Waals surface area contributed by atoms with Gasteiger partial charge in [0.2, 0.25) is 5.78 Å². The molecule has 1 aromatic heterocycles. The predicted octanol–water partition coefficient (Wildman–Crippen LogP) is 4.47. The van der Waals surface area contributed by atoms with E-state index in [2.05, 4.69) is 18.7 Å². The summed E-state index contributed by atoms with van der Waals surface area (Å²) in [5, 5.41) is 11.7. The molecule has 3 aromatic rings. The minimum Gasteiger partial charge on any atom is -0.503 e. The molecule has 35 heavy (non-hydrogen) atoms. The first kappa shape index (κ1) is 23.3. The third kappa shape index (κ3) is 4.49. The number of furan rings is 1. The highest BCUT2D eigenvalue weighted by molar-refractivity contribution is 6.16. The second kappa shape index (κ2) is 9.68. The monoisotopic (exact) mass is 474 g/mol. The molecule has 0 aliphatic carbocycles. The third-order valence-corrected chi connectivity index (χ3v) is 6.88. The van der Waals surface area contributed by atoms with E-state index in [0.29, 0.717) is 37.8 Å². The minimum absolute atomic E-state index is 0.0633. The summed E-state index contributed by atoms with van der Waals surface area (Å²) in [7, 11) is 0. The van der Waals surface area contributed by atoms with Crippen LogP contribution >= 0.6 is 0 Å². The summed E-state index contributed by atoms with van der Waals surface area (Å²) in [5.74, 6) is -1.04. The smallest absolute Gasteiger partial charge is 0.290 e. The summed E-state index contributed by atoms with van der Waals surface area (Å²) in [6.07, 6.45) is 0.